The summed E-state index contributed by atoms with van der Waals surface area (Å²) >= 11 is 0. The summed E-state index contributed by atoms with van der Waals surface area (Å²) in [5.74, 6) is 1.47. The van der Waals surface area contributed by atoms with Crippen molar-refractivity contribution in [1.82, 2.24) is 29.8 Å². The Balaban J connectivity index is 1.33. The molecule has 0 bridgehead atoms. The molecule has 2 aliphatic rings. The molecule has 1 saturated heterocycles. The van der Waals surface area contributed by atoms with Gasteiger partial charge in [-0.2, -0.15) is 5.10 Å². The molecule has 6 rings (SSSR count). The first-order chi connectivity index (χ1) is 16.7. The van der Waals surface area contributed by atoms with Gasteiger partial charge in [0.05, 0.1) is 17.1 Å². The Morgan fingerprint density at radius 3 is 2.76 bits per heavy atom. The number of nitrogens with zero attached hydrogens (tertiary/aromatic N) is 6. The highest BCUT2D eigenvalue weighted by Gasteiger charge is 2.29. The Morgan fingerprint density at radius 2 is 1.94 bits per heavy atom. The number of fused-ring (bicyclic) bond motifs is 1. The molecule has 1 aliphatic heterocycles. The predicted octanol–water partition coefficient (Wildman–Crippen LogP) is 4.63. The van der Waals surface area contributed by atoms with Crippen LogP contribution in [0.4, 0.5) is 4.39 Å². The van der Waals surface area contributed by atoms with E-state index in [4.69, 9.17) is 9.62 Å². The smallest absolute Gasteiger partial charge is 0.250 e. The maximum atomic E-state index is 13.5. The van der Waals surface area contributed by atoms with E-state index in [1.54, 1.807) is 30.6 Å². The molecule has 8 heteroatoms. The Labute approximate surface area is 196 Å². The first-order valence-corrected chi connectivity index (χ1v) is 11.7. The van der Waals surface area contributed by atoms with Crippen molar-refractivity contribution in [2.45, 2.75) is 38.5 Å². The van der Waals surface area contributed by atoms with E-state index in [-0.39, 0.29) is 11.7 Å². The topological polar surface area (TPSA) is 72.9 Å². The van der Waals surface area contributed by atoms with Crippen LogP contribution in [0.25, 0.3) is 17.2 Å². The van der Waals surface area contributed by atoms with Crippen LogP contribution in [-0.4, -0.2) is 42.9 Å². The van der Waals surface area contributed by atoms with Crippen molar-refractivity contribution in [1.29, 1.82) is 0 Å². The van der Waals surface area contributed by atoms with Gasteiger partial charge in [-0.3, -0.25) is 0 Å². The van der Waals surface area contributed by atoms with E-state index in [0.717, 1.165) is 67.2 Å². The third-order valence-corrected chi connectivity index (χ3v) is 6.82. The summed E-state index contributed by atoms with van der Waals surface area (Å²) in [7, 11) is 0. The second kappa shape index (κ2) is 8.52. The summed E-state index contributed by atoms with van der Waals surface area (Å²) in [5.41, 5.74) is 6.36. The molecule has 3 aromatic heterocycles. The average Bonchev–Trinajstić information content (AvgIpc) is 3.49. The van der Waals surface area contributed by atoms with Crippen molar-refractivity contribution in [3.63, 3.8) is 0 Å². The molecule has 1 atom stereocenters. The van der Waals surface area contributed by atoms with Crippen molar-refractivity contribution < 1.29 is 8.91 Å². The fourth-order valence-electron chi connectivity index (χ4n) is 5.02. The van der Waals surface area contributed by atoms with Crippen LogP contribution in [0.1, 0.15) is 41.5 Å². The number of rotatable bonds is 4. The van der Waals surface area contributed by atoms with Crippen LogP contribution in [0.3, 0.4) is 0 Å². The predicted molar refractivity (Wildman–Crippen MR) is 125 cm³/mol. The molecule has 1 fully saturated rings. The molecule has 34 heavy (non-hydrogen) atoms. The monoisotopic (exact) mass is 456 g/mol. The molecule has 4 aromatic rings. The van der Waals surface area contributed by atoms with Crippen LogP contribution in [-0.2, 0) is 12.8 Å². The highest BCUT2D eigenvalue weighted by molar-refractivity contribution is 5.60. The van der Waals surface area contributed by atoms with Crippen LogP contribution in [0.5, 0.6) is 0 Å². The number of hydrogen-bond donors (Lipinski definition) is 0. The second-order valence-electron chi connectivity index (χ2n) is 8.95. The maximum Gasteiger partial charge on any atom is 0.250 e. The Hall–Kier alpha value is -3.81. The quantitative estimate of drug-likeness (QED) is 0.446. The van der Waals surface area contributed by atoms with Gasteiger partial charge in [0.2, 0.25) is 0 Å². The minimum absolute atomic E-state index is 0.260. The largest absolute Gasteiger partial charge is 0.374 e. The lowest BCUT2D eigenvalue weighted by Gasteiger charge is -2.37. The lowest BCUT2D eigenvalue weighted by Crippen LogP contribution is -2.36. The van der Waals surface area contributed by atoms with Crippen LogP contribution in [0.2, 0.25) is 0 Å². The summed E-state index contributed by atoms with van der Waals surface area (Å²) in [4.78, 5) is 11.4. The van der Waals surface area contributed by atoms with Gasteiger partial charge in [0.15, 0.2) is 0 Å². The molecular weight excluding hydrogens is 431 g/mol. The van der Waals surface area contributed by atoms with Gasteiger partial charge in [-0.25, -0.2) is 19.0 Å². The summed E-state index contributed by atoms with van der Waals surface area (Å²) in [6.07, 6.45) is 9.56. The van der Waals surface area contributed by atoms with E-state index in [9.17, 15) is 4.39 Å². The second-order valence-corrected chi connectivity index (χ2v) is 8.95. The average molecular weight is 457 g/mol. The molecule has 0 amide bonds. The van der Waals surface area contributed by atoms with Crippen LogP contribution < -0.4 is 0 Å². The summed E-state index contributed by atoms with van der Waals surface area (Å²) in [5, 5.41) is 9.04. The van der Waals surface area contributed by atoms with E-state index in [2.05, 4.69) is 32.2 Å². The molecule has 0 spiro atoms. The number of aryl methyl sites for hydroxylation is 1. The normalized spacial score (nSPS) is 18.0. The third-order valence-electron chi connectivity index (χ3n) is 6.82. The molecule has 7 nitrogen and oxygen atoms in total. The number of likely N-dealkylation sites (tertiary alicyclic amines) is 1. The molecule has 0 N–H and O–H groups in total. The zero-order valence-electron chi connectivity index (χ0n) is 19.0. The lowest BCUT2D eigenvalue weighted by atomic mass is 9.91. The molecule has 0 saturated carbocycles. The number of aromatic nitrogens is 5. The molecule has 1 unspecified atom stereocenters. The first kappa shape index (κ1) is 20.8. The lowest BCUT2D eigenvalue weighted by molar-refractivity contribution is 0.248. The minimum Gasteiger partial charge on any atom is -0.374 e. The zero-order chi connectivity index (χ0) is 23.1. The van der Waals surface area contributed by atoms with Gasteiger partial charge in [0.25, 0.3) is 5.95 Å². The van der Waals surface area contributed by atoms with E-state index in [0.29, 0.717) is 5.95 Å². The van der Waals surface area contributed by atoms with Gasteiger partial charge in [-0.15, -0.1) is 0 Å². The Kier molecular flexibility index (Phi) is 5.20. The fraction of sp³-hybridized carbons (Fsp3) is 0.308. The molecule has 1 aromatic carbocycles. The van der Waals surface area contributed by atoms with E-state index in [1.165, 1.54) is 23.4 Å². The number of benzene rings is 1. The Bertz CT molecular complexity index is 1340. The molecule has 0 radical (unpaired) electrons. The summed E-state index contributed by atoms with van der Waals surface area (Å²) in [6, 6.07) is 10.4. The molecule has 172 valence electrons. The standard InChI is InChI=1S/C26H25FN6O/c1-17-22-14-21(9-10-23(22)31-34-17)32-13-2-4-19(16-32)25-15-24(18-5-7-20(27)8-6-18)30-33(25)26-28-11-3-12-29-26/h3,5-9,11-12,15,19H,2,4,10,13-14,16H2,1H3. The van der Waals surface area contributed by atoms with Gasteiger partial charge in [0.1, 0.15) is 11.6 Å². The van der Waals surface area contributed by atoms with Gasteiger partial charge >= 0.3 is 0 Å². The van der Waals surface area contributed by atoms with Crippen molar-refractivity contribution >= 4 is 0 Å². The number of allylic oxidation sites excluding steroid dienone is 2. The van der Waals surface area contributed by atoms with Crippen LogP contribution >= 0.6 is 0 Å². The summed E-state index contributed by atoms with van der Waals surface area (Å²) in [6.45, 7) is 3.92. The van der Waals surface area contributed by atoms with Crippen molar-refractivity contribution in [3.8, 4) is 17.2 Å². The van der Waals surface area contributed by atoms with Gasteiger partial charge < -0.3 is 9.42 Å². The number of hydrogen-bond acceptors (Lipinski definition) is 6. The molecule has 1 aliphatic carbocycles. The van der Waals surface area contributed by atoms with Crippen molar-refractivity contribution in [2.24, 2.45) is 0 Å². The molecule has 4 heterocycles. The van der Waals surface area contributed by atoms with Crippen LogP contribution in [0.15, 0.2) is 65.1 Å². The third kappa shape index (κ3) is 3.79. The van der Waals surface area contributed by atoms with Crippen molar-refractivity contribution in [3.05, 3.63) is 89.1 Å². The zero-order valence-corrected chi connectivity index (χ0v) is 19.0. The first-order valence-electron chi connectivity index (χ1n) is 11.7. The highest BCUT2D eigenvalue weighted by Crippen LogP contribution is 2.34. The van der Waals surface area contributed by atoms with E-state index < -0.39 is 0 Å². The number of piperidine rings is 1. The SMILES string of the molecule is Cc1onc2c1CC(N1CCCC(c3cc(-c4ccc(F)cc4)nn3-c3ncccn3)C1)=CC2. The van der Waals surface area contributed by atoms with Crippen molar-refractivity contribution in [2.75, 3.05) is 13.1 Å². The van der Waals surface area contributed by atoms with Gasteiger partial charge in [-0.1, -0.05) is 11.2 Å². The van der Waals surface area contributed by atoms with Crippen LogP contribution in [0, 0.1) is 12.7 Å². The van der Waals surface area contributed by atoms with Gasteiger partial charge in [0, 0.05) is 61.1 Å². The summed E-state index contributed by atoms with van der Waals surface area (Å²) < 4.78 is 20.8. The van der Waals surface area contributed by atoms with E-state index in [1.807, 2.05) is 11.6 Å². The fourth-order valence-corrected chi connectivity index (χ4v) is 5.02. The van der Waals surface area contributed by atoms with E-state index >= 15 is 0 Å². The minimum atomic E-state index is -0.260. The number of halogens is 1. The molecular formula is C26H25FN6O. The van der Waals surface area contributed by atoms with Gasteiger partial charge in [-0.05, 0) is 56.2 Å². The maximum absolute atomic E-state index is 13.5. The highest BCUT2D eigenvalue weighted by atomic mass is 19.1. The Morgan fingerprint density at radius 1 is 1.12 bits per heavy atom.